The molecule has 2 aromatic rings. The Kier molecular flexibility index (Phi) is 5.86. The maximum Gasteiger partial charge on any atom is 0.410 e. The zero-order valence-electron chi connectivity index (χ0n) is 14.5. The van der Waals surface area contributed by atoms with E-state index in [9.17, 15) is 14.8 Å². The Morgan fingerprint density at radius 1 is 1.04 bits per heavy atom. The van der Waals surface area contributed by atoms with Crippen LogP contribution >= 0.6 is 0 Å². The van der Waals surface area contributed by atoms with Crippen LogP contribution in [0.15, 0.2) is 60.7 Å². The van der Waals surface area contributed by atoms with Crippen molar-refractivity contribution in [1.29, 1.82) is 0 Å². The first-order valence-electron chi connectivity index (χ1n) is 8.66. The molecule has 26 heavy (non-hydrogen) atoms. The maximum absolute atomic E-state index is 12.6. The molecule has 1 aliphatic heterocycles. The molecule has 1 fully saturated rings. The molecule has 0 saturated carbocycles. The van der Waals surface area contributed by atoms with E-state index < -0.39 is 18.0 Å². The van der Waals surface area contributed by atoms with Gasteiger partial charge in [0.25, 0.3) is 5.91 Å². The summed E-state index contributed by atoms with van der Waals surface area (Å²) in [6.07, 6.45) is 0.694. The number of carbonyl (C=O) groups excluding carboxylic acids is 2. The molecule has 0 aromatic heterocycles. The minimum Gasteiger partial charge on any atom is -0.445 e. The topological polar surface area (TPSA) is 70.1 Å². The summed E-state index contributed by atoms with van der Waals surface area (Å²) in [6, 6.07) is 17.9. The van der Waals surface area contributed by atoms with Crippen LogP contribution in [0.1, 0.15) is 24.0 Å². The Morgan fingerprint density at radius 3 is 2.31 bits per heavy atom. The number of nitrogens with zero attached hydrogens (tertiary/aromatic N) is 2. The van der Waals surface area contributed by atoms with Gasteiger partial charge < -0.3 is 4.74 Å². The molecule has 2 amide bonds. The van der Waals surface area contributed by atoms with E-state index in [-0.39, 0.29) is 13.2 Å². The van der Waals surface area contributed by atoms with Crippen LogP contribution in [0.3, 0.4) is 0 Å². The summed E-state index contributed by atoms with van der Waals surface area (Å²) >= 11 is 0. The smallest absolute Gasteiger partial charge is 0.410 e. The van der Waals surface area contributed by atoms with Gasteiger partial charge in [-0.05, 0) is 24.0 Å². The SMILES string of the molecule is O=C(C1CCCN1C(=O)OCc1ccccc1)N(O)Cc1ccccc1. The molecule has 1 heterocycles. The Labute approximate surface area is 152 Å². The number of benzene rings is 2. The Morgan fingerprint density at radius 2 is 1.65 bits per heavy atom. The van der Waals surface area contributed by atoms with Gasteiger partial charge in [0, 0.05) is 6.54 Å². The van der Waals surface area contributed by atoms with Crippen molar-refractivity contribution >= 4 is 12.0 Å². The Balaban J connectivity index is 1.58. The van der Waals surface area contributed by atoms with Gasteiger partial charge in [-0.2, -0.15) is 0 Å². The van der Waals surface area contributed by atoms with Crippen LogP contribution in [-0.2, 0) is 22.7 Å². The largest absolute Gasteiger partial charge is 0.445 e. The molecular formula is C20H22N2O4. The summed E-state index contributed by atoms with van der Waals surface area (Å²) < 4.78 is 5.33. The number of carbonyl (C=O) groups is 2. The molecule has 0 radical (unpaired) electrons. The van der Waals surface area contributed by atoms with Crippen LogP contribution in [0.2, 0.25) is 0 Å². The van der Waals surface area contributed by atoms with Crippen molar-refractivity contribution in [1.82, 2.24) is 9.96 Å². The molecule has 136 valence electrons. The van der Waals surface area contributed by atoms with Crippen LogP contribution in [0.4, 0.5) is 4.79 Å². The van der Waals surface area contributed by atoms with Crippen molar-refractivity contribution in [2.75, 3.05) is 6.54 Å². The average Bonchev–Trinajstić information content (AvgIpc) is 3.17. The lowest BCUT2D eigenvalue weighted by Crippen LogP contribution is -2.46. The van der Waals surface area contributed by atoms with Crippen LogP contribution in [-0.4, -0.2) is 39.8 Å². The molecule has 0 spiro atoms. The van der Waals surface area contributed by atoms with Crippen LogP contribution in [0.5, 0.6) is 0 Å². The lowest BCUT2D eigenvalue weighted by molar-refractivity contribution is -0.172. The van der Waals surface area contributed by atoms with Crippen LogP contribution in [0, 0.1) is 0 Å². The highest BCUT2D eigenvalue weighted by atomic mass is 16.6. The standard InChI is InChI=1S/C20H22N2O4/c23-19(22(25)14-16-8-3-1-4-9-16)18-12-7-13-21(18)20(24)26-15-17-10-5-2-6-11-17/h1-6,8-11,18,25H,7,12-15H2. The van der Waals surface area contributed by atoms with Gasteiger partial charge in [0.05, 0.1) is 6.54 Å². The molecule has 1 aliphatic rings. The minimum absolute atomic E-state index is 0.0864. The summed E-state index contributed by atoms with van der Waals surface area (Å²) in [4.78, 5) is 26.3. The molecule has 2 aromatic carbocycles. The van der Waals surface area contributed by atoms with Gasteiger partial charge in [-0.25, -0.2) is 9.86 Å². The second-order valence-electron chi connectivity index (χ2n) is 6.27. The number of hydrogen-bond donors (Lipinski definition) is 1. The van der Waals surface area contributed by atoms with Crippen molar-refractivity contribution in [2.24, 2.45) is 0 Å². The van der Waals surface area contributed by atoms with Crippen molar-refractivity contribution in [3.8, 4) is 0 Å². The van der Waals surface area contributed by atoms with Gasteiger partial charge in [-0.15, -0.1) is 0 Å². The third-order valence-corrected chi connectivity index (χ3v) is 4.41. The molecule has 1 unspecified atom stereocenters. The number of hydrogen-bond acceptors (Lipinski definition) is 4. The second kappa shape index (κ2) is 8.49. The van der Waals surface area contributed by atoms with Gasteiger partial charge in [0.1, 0.15) is 12.6 Å². The highest BCUT2D eigenvalue weighted by Gasteiger charge is 2.37. The zero-order valence-corrected chi connectivity index (χ0v) is 14.5. The van der Waals surface area contributed by atoms with Crippen molar-refractivity contribution in [3.63, 3.8) is 0 Å². The van der Waals surface area contributed by atoms with E-state index in [1.165, 1.54) is 4.90 Å². The first-order valence-corrected chi connectivity index (χ1v) is 8.66. The maximum atomic E-state index is 12.6. The van der Waals surface area contributed by atoms with E-state index in [0.717, 1.165) is 11.1 Å². The summed E-state index contributed by atoms with van der Waals surface area (Å²) in [6.45, 7) is 0.691. The predicted molar refractivity (Wildman–Crippen MR) is 95.1 cm³/mol. The highest BCUT2D eigenvalue weighted by molar-refractivity contribution is 5.85. The van der Waals surface area contributed by atoms with E-state index in [0.29, 0.717) is 24.4 Å². The van der Waals surface area contributed by atoms with E-state index in [1.807, 2.05) is 60.7 Å². The third-order valence-electron chi connectivity index (χ3n) is 4.41. The number of ether oxygens (including phenoxy) is 1. The lowest BCUT2D eigenvalue weighted by Gasteiger charge is -2.26. The van der Waals surface area contributed by atoms with E-state index in [1.54, 1.807) is 0 Å². The first kappa shape index (κ1) is 17.9. The summed E-state index contributed by atoms with van der Waals surface area (Å²) in [5, 5.41) is 10.8. The van der Waals surface area contributed by atoms with E-state index in [2.05, 4.69) is 0 Å². The van der Waals surface area contributed by atoms with Crippen molar-refractivity contribution < 1.29 is 19.5 Å². The highest BCUT2D eigenvalue weighted by Crippen LogP contribution is 2.21. The summed E-state index contributed by atoms with van der Waals surface area (Å²) in [7, 11) is 0. The predicted octanol–water partition coefficient (Wildman–Crippen LogP) is 3.21. The first-order chi connectivity index (χ1) is 12.6. The fraction of sp³-hybridized carbons (Fsp3) is 0.300. The summed E-state index contributed by atoms with van der Waals surface area (Å²) in [5.74, 6) is -0.483. The summed E-state index contributed by atoms with van der Waals surface area (Å²) in [5.41, 5.74) is 1.70. The normalized spacial score (nSPS) is 16.3. The molecule has 0 bridgehead atoms. The van der Waals surface area contributed by atoms with Gasteiger partial charge >= 0.3 is 6.09 Å². The van der Waals surface area contributed by atoms with Crippen molar-refractivity contribution in [3.05, 3.63) is 71.8 Å². The molecule has 0 aliphatic carbocycles. The van der Waals surface area contributed by atoms with Crippen LogP contribution in [0.25, 0.3) is 0 Å². The quantitative estimate of drug-likeness (QED) is 0.661. The number of rotatable bonds is 5. The monoisotopic (exact) mass is 354 g/mol. The molecule has 1 N–H and O–H groups in total. The molecule has 6 nitrogen and oxygen atoms in total. The van der Waals surface area contributed by atoms with Gasteiger partial charge in [-0.1, -0.05) is 60.7 Å². The minimum atomic E-state index is -0.688. The van der Waals surface area contributed by atoms with Crippen molar-refractivity contribution in [2.45, 2.75) is 32.0 Å². The third kappa shape index (κ3) is 4.40. The number of likely N-dealkylation sites (tertiary alicyclic amines) is 1. The van der Waals surface area contributed by atoms with Gasteiger partial charge in [0.2, 0.25) is 0 Å². The molecule has 1 atom stereocenters. The Bertz CT molecular complexity index is 736. The molecule has 1 saturated heterocycles. The number of amides is 2. The molecule has 6 heteroatoms. The van der Waals surface area contributed by atoms with Gasteiger partial charge in [0.15, 0.2) is 0 Å². The van der Waals surface area contributed by atoms with E-state index >= 15 is 0 Å². The molecular weight excluding hydrogens is 332 g/mol. The second-order valence-corrected chi connectivity index (χ2v) is 6.27. The zero-order chi connectivity index (χ0) is 18.4. The Hall–Kier alpha value is -2.86. The average molecular weight is 354 g/mol. The molecule has 3 rings (SSSR count). The van der Waals surface area contributed by atoms with E-state index in [4.69, 9.17) is 4.74 Å². The number of hydroxylamine groups is 2. The van der Waals surface area contributed by atoms with Crippen LogP contribution < -0.4 is 0 Å². The fourth-order valence-corrected chi connectivity index (χ4v) is 3.05. The van der Waals surface area contributed by atoms with Gasteiger partial charge in [-0.3, -0.25) is 14.9 Å². The lowest BCUT2D eigenvalue weighted by atomic mass is 10.2. The fourth-order valence-electron chi connectivity index (χ4n) is 3.05.